The molecule has 2 aliphatic heterocycles. The first-order valence-corrected chi connectivity index (χ1v) is 20.8. The zero-order valence-corrected chi connectivity index (χ0v) is 32.5. The Kier molecular flexibility index (Phi) is 15.8. The van der Waals surface area contributed by atoms with Gasteiger partial charge < -0.3 is 20.2 Å². The predicted octanol–water partition coefficient (Wildman–Crippen LogP) is 12.3. The minimum absolute atomic E-state index is 0.0143. The molecule has 6 nitrogen and oxygen atoms in total. The molecule has 2 aliphatic rings. The summed E-state index contributed by atoms with van der Waals surface area (Å²) < 4.78 is 0. The summed E-state index contributed by atoms with van der Waals surface area (Å²) in [7, 11) is 0. The summed E-state index contributed by atoms with van der Waals surface area (Å²) in [6.07, 6.45) is 22.3. The molecule has 2 N–H and O–H groups in total. The number of nitrogens with one attached hydrogen (secondary N) is 1. The highest BCUT2D eigenvalue weighted by Crippen LogP contribution is 2.40. The number of benzene rings is 3. The Bertz CT molecular complexity index is 1560. The van der Waals surface area contributed by atoms with Gasteiger partial charge in [-0.25, -0.2) is 0 Å². The van der Waals surface area contributed by atoms with Gasteiger partial charge in [0.25, 0.3) is 5.91 Å². The van der Waals surface area contributed by atoms with Crippen LogP contribution in [0.2, 0.25) is 5.02 Å². The number of para-hydroxylation sites is 1. The second-order valence-electron chi connectivity index (χ2n) is 15.3. The number of hydrogen-bond acceptors (Lipinski definition) is 4. The Hall–Kier alpha value is -3.51. The van der Waals surface area contributed by atoms with E-state index in [0.717, 1.165) is 59.9 Å². The normalized spacial score (nSPS) is 18.6. The predicted molar refractivity (Wildman–Crippen MR) is 218 cm³/mol. The summed E-state index contributed by atoms with van der Waals surface area (Å²) in [6.45, 7) is 5.75. The molecular formula is C45H62ClN3O3. The summed E-state index contributed by atoms with van der Waals surface area (Å²) in [5.41, 5.74) is 6.05. The Morgan fingerprint density at radius 2 is 1.46 bits per heavy atom. The number of hydrogen-bond donors (Lipinski definition) is 2. The molecule has 1 amide bonds. The van der Waals surface area contributed by atoms with E-state index >= 15 is 0 Å². The van der Waals surface area contributed by atoms with E-state index in [-0.39, 0.29) is 23.9 Å². The molecule has 0 radical (unpaired) electrons. The minimum Gasteiger partial charge on any atom is -0.481 e. The summed E-state index contributed by atoms with van der Waals surface area (Å²) in [5, 5.41) is 14.2. The van der Waals surface area contributed by atoms with Crippen LogP contribution in [0.25, 0.3) is 0 Å². The number of amides is 1. The van der Waals surface area contributed by atoms with E-state index < -0.39 is 5.97 Å². The number of aliphatic carboxylic acids is 1. The highest BCUT2D eigenvalue weighted by Gasteiger charge is 2.34. The summed E-state index contributed by atoms with van der Waals surface area (Å²) >= 11 is 6.52. The second-order valence-corrected chi connectivity index (χ2v) is 15.8. The third kappa shape index (κ3) is 11.2. The van der Waals surface area contributed by atoms with Crippen molar-refractivity contribution in [2.24, 2.45) is 5.92 Å². The first-order chi connectivity index (χ1) is 25.4. The number of nitrogens with zero attached hydrogens (tertiary/aromatic N) is 2. The first-order valence-electron chi connectivity index (χ1n) is 20.4. The number of carboxylic acids is 1. The molecule has 1 fully saturated rings. The molecule has 282 valence electrons. The number of carbonyl (C=O) groups is 2. The maximum Gasteiger partial charge on any atom is 0.308 e. The van der Waals surface area contributed by atoms with Crippen LogP contribution in [0.1, 0.15) is 151 Å². The molecule has 3 aromatic rings. The average molecular weight is 728 g/mol. The lowest BCUT2D eigenvalue weighted by Gasteiger charge is -2.40. The number of carbonyl (C=O) groups excluding carboxylic acids is 1. The van der Waals surface area contributed by atoms with Gasteiger partial charge in [0, 0.05) is 46.8 Å². The molecule has 0 saturated carbocycles. The van der Waals surface area contributed by atoms with Gasteiger partial charge in [-0.05, 0) is 98.7 Å². The zero-order valence-electron chi connectivity index (χ0n) is 31.8. The maximum atomic E-state index is 14.1. The number of aryl methyl sites for hydroxylation is 1. The molecule has 3 atom stereocenters. The van der Waals surface area contributed by atoms with Crippen molar-refractivity contribution in [1.82, 2.24) is 0 Å². The molecule has 1 saturated heterocycles. The van der Waals surface area contributed by atoms with Crippen molar-refractivity contribution in [2.75, 3.05) is 28.2 Å². The van der Waals surface area contributed by atoms with Crippen molar-refractivity contribution in [3.05, 3.63) is 88.4 Å². The van der Waals surface area contributed by atoms with Crippen molar-refractivity contribution in [3.63, 3.8) is 0 Å². The number of unbranched alkanes of at least 4 members (excludes halogenated alkanes) is 13. The Morgan fingerprint density at radius 3 is 2.12 bits per heavy atom. The number of piperidine rings is 1. The lowest BCUT2D eigenvalue weighted by atomic mass is 9.90. The highest BCUT2D eigenvalue weighted by atomic mass is 35.5. The molecule has 0 spiro atoms. The van der Waals surface area contributed by atoms with Crippen molar-refractivity contribution in [2.45, 2.75) is 142 Å². The Morgan fingerprint density at radius 1 is 0.827 bits per heavy atom. The highest BCUT2D eigenvalue weighted by molar-refractivity contribution is 6.30. The van der Waals surface area contributed by atoms with Gasteiger partial charge in [0.2, 0.25) is 0 Å². The van der Waals surface area contributed by atoms with Crippen molar-refractivity contribution in [1.29, 1.82) is 0 Å². The zero-order chi connectivity index (χ0) is 36.7. The van der Waals surface area contributed by atoms with Gasteiger partial charge in [-0.2, -0.15) is 0 Å². The number of anilines is 3. The third-order valence-electron chi connectivity index (χ3n) is 11.3. The van der Waals surface area contributed by atoms with Crippen molar-refractivity contribution in [3.8, 4) is 0 Å². The van der Waals surface area contributed by atoms with Crippen LogP contribution < -0.4 is 15.1 Å². The molecule has 2 heterocycles. The lowest BCUT2D eigenvalue weighted by Crippen LogP contribution is -2.44. The monoisotopic (exact) mass is 727 g/mol. The van der Waals surface area contributed by atoms with E-state index in [1.807, 2.05) is 41.3 Å². The van der Waals surface area contributed by atoms with Crippen LogP contribution in [-0.2, 0) is 11.2 Å². The molecule has 52 heavy (non-hydrogen) atoms. The minimum atomic E-state index is -0.737. The maximum absolute atomic E-state index is 14.1. The topological polar surface area (TPSA) is 72.9 Å². The summed E-state index contributed by atoms with van der Waals surface area (Å²) in [4.78, 5) is 29.7. The van der Waals surface area contributed by atoms with E-state index in [0.29, 0.717) is 18.5 Å². The smallest absolute Gasteiger partial charge is 0.308 e. The lowest BCUT2D eigenvalue weighted by molar-refractivity contribution is -0.141. The second kappa shape index (κ2) is 20.7. The average Bonchev–Trinajstić information content (AvgIpc) is 3.16. The van der Waals surface area contributed by atoms with Gasteiger partial charge in [0.1, 0.15) is 0 Å². The molecule has 0 aromatic heterocycles. The van der Waals surface area contributed by atoms with Gasteiger partial charge in [0.15, 0.2) is 0 Å². The largest absolute Gasteiger partial charge is 0.481 e. The number of halogens is 1. The van der Waals surface area contributed by atoms with Gasteiger partial charge >= 0.3 is 5.97 Å². The molecule has 3 unspecified atom stereocenters. The molecule has 0 aliphatic carbocycles. The fourth-order valence-corrected chi connectivity index (χ4v) is 8.43. The molecule has 3 aromatic carbocycles. The molecule has 0 bridgehead atoms. The number of rotatable bonds is 20. The molecular weight excluding hydrogens is 666 g/mol. The van der Waals surface area contributed by atoms with Gasteiger partial charge in [-0.15, -0.1) is 0 Å². The van der Waals surface area contributed by atoms with Crippen LogP contribution in [0.3, 0.4) is 0 Å². The van der Waals surface area contributed by atoms with E-state index in [9.17, 15) is 14.7 Å². The molecule has 7 heteroatoms. The Labute approximate surface area is 318 Å². The van der Waals surface area contributed by atoms with E-state index in [1.165, 1.54) is 89.0 Å². The first kappa shape index (κ1) is 39.7. The third-order valence-corrected chi connectivity index (χ3v) is 11.5. The summed E-state index contributed by atoms with van der Waals surface area (Å²) in [6, 6.07) is 22.2. The van der Waals surface area contributed by atoms with Crippen LogP contribution in [0.5, 0.6) is 0 Å². The van der Waals surface area contributed by atoms with Crippen LogP contribution in [0.15, 0.2) is 66.7 Å². The van der Waals surface area contributed by atoms with Crippen molar-refractivity contribution < 1.29 is 14.7 Å². The van der Waals surface area contributed by atoms with Crippen LogP contribution in [-0.4, -0.2) is 36.1 Å². The fraction of sp³-hybridized carbons (Fsp3) is 0.556. The van der Waals surface area contributed by atoms with Gasteiger partial charge in [-0.3, -0.25) is 9.59 Å². The van der Waals surface area contributed by atoms with E-state index in [2.05, 4.69) is 54.4 Å². The standard InChI is InChI=1S/C45H62ClN3O3/c1-3-4-5-6-7-8-9-10-11-12-13-14-15-16-20-36-32-38(46)26-29-41(36)47-42-31-34(2)49(43-23-18-17-22-40(42)43)44(50)35-24-27-39(28-25-35)48-30-19-21-37(33-48)45(51)52/h17-18,22-29,32,34,37,42,47H,3-16,19-21,30-31,33H2,1-2H3,(H,51,52). The van der Waals surface area contributed by atoms with E-state index in [1.54, 1.807) is 0 Å². The van der Waals surface area contributed by atoms with Crippen LogP contribution in [0.4, 0.5) is 17.1 Å². The van der Waals surface area contributed by atoms with E-state index in [4.69, 9.17) is 11.6 Å². The number of fused-ring (bicyclic) bond motifs is 1. The van der Waals surface area contributed by atoms with Crippen LogP contribution >= 0.6 is 11.6 Å². The SMILES string of the molecule is CCCCCCCCCCCCCCCCc1cc(Cl)ccc1NC1CC(C)N(C(=O)c2ccc(N3CCCC(C(=O)O)C3)cc2)c2ccccc21. The Balaban J connectivity index is 1.13. The molecule has 5 rings (SSSR count). The quantitative estimate of drug-likeness (QED) is 0.113. The fourth-order valence-electron chi connectivity index (χ4n) is 8.23. The van der Waals surface area contributed by atoms with Gasteiger partial charge in [-0.1, -0.05) is 120 Å². The van der Waals surface area contributed by atoms with Crippen LogP contribution in [0, 0.1) is 5.92 Å². The summed E-state index contributed by atoms with van der Waals surface area (Å²) in [5.74, 6) is -1.10. The van der Waals surface area contributed by atoms with Gasteiger partial charge in [0.05, 0.1) is 12.0 Å². The number of carboxylic acid groups (broad SMARTS) is 1. The van der Waals surface area contributed by atoms with Crippen molar-refractivity contribution >= 4 is 40.5 Å².